The standard InChI is InChI=1S/C14H17N5O3.K.H/c1-2-18-8-10(13(21)22)11(20)9-7-16-14(17-12(9)18)19-5-3-15-4-6-19;;/h7-8,15H,2-6H2,1H3,(H,21,22);;/q;+1;-1. The maximum absolute atomic E-state index is 12.2. The number of carbonyl (C=O) groups is 1. The van der Waals surface area contributed by atoms with Gasteiger partial charge in [-0.05, 0) is 6.92 Å². The van der Waals surface area contributed by atoms with Crippen LogP contribution in [0.5, 0.6) is 0 Å². The maximum atomic E-state index is 12.2. The zero-order chi connectivity index (χ0) is 15.7. The van der Waals surface area contributed by atoms with Gasteiger partial charge in [0.2, 0.25) is 11.4 Å². The third kappa shape index (κ3) is 3.64. The second-order valence-corrected chi connectivity index (χ2v) is 5.11. The van der Waals surface area contributed by atoms with E-state index in [1.54, 1.807) is 4.57 Å². The van der Waals surface area contributed by atoms with Gasteiger partial charge in [0.05, 0.1) is 5.39 Å². The molecule has 0 amide bonds. The average Bonchev–Trinajstić information content (AvgIpc) is 2.55. The summed E-state index contributed by atoms with van der Waals surface area (Å²) in [6.45, 7) is 5.72. The Morgan fingerprint density at radius 1 is 1.43 bits per heavy atom. The first-order valence-electron chi connectivity index (χ1n) is 7.21. The molecule has 3 heterocycles. The number of carboxylic acid groups (broad SMARTS) is 1. The zero-order valence-corrected chi connectivity index (χ0v) is 16.4. The molecule has 0 spiro atoms. The van der Waals surface area contributed by atoms with Crippen molar-refractivity contribution >= 4 is 23.0 Å². The van der Waals surface area contributed by atoms with Crippen molar-refractivity contribution < 1.29 is 62.7 Å². The van der Waals surface area contributed by atoms with Crippen LogP contribution in [0, 0.1) is 0 Å². The predicted molar refractivity (Wildman–Crippen MR) is 82.6 cm³/mol. The number of nitrogens with one attached hydrogen (secondary N) is 1. The molecule has 0 aromatic carbocycles. The van der Waals surface area contributed by atoms with Gasteiger partial charge in [0.1, 0.15) is 11.2 Å². The summed E-state index contributed by atoms with van der Waals surface area (Å²) < 4.78 is 1.67. The Morgan fingerprint density at radius 2 is 2.13 bits per heavy atom. The molecule has 2 N–H and O–H groups in total. The van der Waals surface area contributed by atoms with Gasteiger partial charge in [-0.3, -0.25) is 4.79 Å². The molecular weight excluding hydrogens is 325 g/mol. The van der Waals surface area contributed by atoms with E-state index in [1.807, 2.05) is 11.8 Å². The second kappa shape index (κ2) is 7.82. The fourth-order valence-electron chi connectivity index (χ4n) is 2.57. The van der Waals surface area contributed by atoms with E-state index in [4.69, 9.17) is 5.11 Å². The quantitative estimate of drug-likeness (QED) is 0.574. The molecule has 0 saturated carbocycles. The van der Waals surface area contributed by atoms with Gasteiger partial charge in [-0.2, -0.15) is 4.98 Å². The summed E-state index contributed by atoms with van der Waals surface area (Å²) in [5.74, 6) is -0.668. The van der Waals surface area contributed by atoms with Crippen molar-refractivity contribution in [3.63, 3.8) is 0 Å². The third-order valence-corrected chi connectivity index (χ3v) is 3.77. The molecule has 2 aromatic heterocycles. The summed E-state index contributed by atoms with van der Waals surface area (Å²) in [5.41, 5.74) is -0.326. The Balaban J connectivity index is 0.00000144. The molecule has 8 nitrogen and oxygen atoms in total. The van der Waals surface area contributed by atoms with Gasteiger partial charge >= 0.3 is 57.4 Å². The van der Waals surface area contributed by atoms with Crippen molar-refractivity contribution in [3.8, 4) is 0 Å². The minimum atomic E-state index is -1.24. The van der Waals surface area contributed by atoms with Crippen molar-refractivity contribution in [3.05, 3.63) is 28.2 Å². The zero-order valence-electron chi connectivity index (χ0n) is 14.2. The molecule has 0 atom stereocenters. The molecule has 0 bridgehead atoms. The van der Waals surface area contributed by atoms with Gasteiger partial charge in [-0.25, -0.2) is 9.78 Å². The molecule has 1 aliphatic rings. The van der Waals surface area contributed by atoms with Crippen molar-refractivity contribution in [1.82, 2.24) is 19.9 Å². The van der Waals surface area contributed by atoms with Gasteiger partial charge in [-0.15, -0.1) is 0 Å². The van der Waals surface area contributed by atoms with Gasteiger partial charge in [0, 0.05) is 45.1 Å². The summed E-state index contributed by atoms with van der Waals surface area (Å²) in [4.78, 5) is 34.2. The molecule has 1 fully saturated rings. The number of piperazine rings is 1. The SMILES string of the molecule is CCn1cc(C(=O)O)c(=O)c2cnc(N3CCNCC3)nc21.[H-].[K+]. The van der Waals surface area contributed by atoms with Crippen LogP contribution in [0.3, 0.4) is 0 Å². The molecule has 9 heteroatoms. The first-order valence-corrected chi connectivity index (χ1v) is 7.21. The minimum absolute atomic E-state index is 0. The number of nitrogens with zero attached hydrogens (tertiary/aromatic N) is 4. The molecule has 0 radical (unpaired) electrons. The third-order valence-electron chi connectivity index (χ3n) is 3.77. The van der Waals surface area contributed by atoms with Gasteiger partial charge in [0.15, 0.2) is 0 Å². The molecular formula is C14H18KN5O3. The average molecular weight is 343 g/mol. The van der Waals surface area contributed by atoms with Crippen molar-refractivity contribution in [2.45, 2.75) is 13.5 Å². The summed E-state index contributed by atoms with van der Waals surface area (Å²) >= 11 is 0. The fraction of sp³-hybridized carbons (Fsp3) is 0.429. The number of aromatic nitrogens is 3. The predicted octanol–water partition coefficient (Wildman–Crippen LogP) is -2.96. The first kappa shape index (κ1) is 18.5. The van der Waals surface area contributed by atoms with Crippen LogP contribution >= 0.6 is 0 Å². The van der Waals surface area contributed by atoms with Crippen molar-refractivity contribution in [1.29, 1.82) is 0 Å². The number of anilines is 1. The van der Waals surface area contributed by atoms with E-state index in [1.165, 1.54) is 12.4 Å². The largest absolute Gasteiger partial charge is 1.00 e. The van der Waals surface area contributed by atoms with Crippen LogP contribution in [0.15, 0.2) is 17.2 Å². The summed E-state index contributed by atoms with van der Waals surface area (Å²) in [5, 5.41) is 12.6. The van der Waals surface area contributed by atoms with Crippen LogP contribution in [0.4, 0.5) is 5.95 Å². The Morgan fingerprint density at radius 3 is 2.74 bits per heavy atom. The number of aryl methyl sites for hydroxylation is 1. The molecule has 1 aliphatic heterocycles. The van der Waals surface area contributed by atoms with Gasteiger partial charge in [-0.1, -0.05) is 0 Å². The van der Waals surface area contributed by atoms with Crippen LogP contribution in [-0.2, 0) is 6.54 Å². The van der Waals surface area contributed by atoms with Gasteiger partial charge < -0.3 is 21.3 Å². The number of hydrogen-bond donors (Lipinski definition) is 2. The molecule has 23 heavy (non-hydrogen) atoms. The van der Waals surface area contributed by atoms with Crippen LogP contribution in [0.1, 0.15) is 18.7 Å². The van der Waals surface area contributed by atoms with Crippen LogP contribution < -0.4 is 67.0 Å². The van der Waals surface area contributed by atoms with Crippen molar-refractivity contribution in [2.24, 2.45) is 0 Å². The van der Waals surface area contributed by atoms with E-state index >= 15 is 0 Å². The van der Waals surface area contributed by atoms with Crippen LogP contribution in [0.2, 0.25) is 0 Å². The van der Waals surface area contributed by atoms with E-state index in [0.29, 0.717) is 18.1 Å². The molecule has 1 saturated heterocycles. The Kier molecular flexibility index (Phi) is 6.29. The number of fused-ring (bicyclic) bond motifs is 1. The molecule has 3 rings (SSSR count). The smallest absolute Gasteiger partial charge is 1.00 e. The minimum Gasteiger partial charge on any atom is -1.00 e. The van der Waals surface area contributed by atoms with E-state index in [2.05, 4.69) is 15.3 Å². The Bertz CT molecular complexity index is 792. The van der Waals surface area contributed by atoms with E-state index < -0.39 is 11.4 Å². The summed E-state index contributed by atoms with van der Waals surface area (Å²) in [6, 6.07) is 0. The normalized spacial score (nSPS) is 14.6. The fourth-order valence-corrected chi connectivity index (χ4v) is 2.57. The molecule has 0 unspecified atom stereocenters. The first-order chi connectivity index (χ1) is 10.6. The molecule has 0 aliphatic carbocycles. The van der Waals surface area contributed by atoms with Crippen LogP contribution in [0.25, 0.3) is 11.0 Å². The van der Waals surface area contributed by atoms with E-state index in [-0.39, 0.29) is 63.8 Å². The number of pyridine rings is 1. The Labute approximate surface area is 176 Å². The monoisotopic (exact) mass is 343 g/mol. The topological polar surface area (TPSA) is 100 Å². The second-order valence-electron chi connectivity index (χ2n) is 5.11. The van der Waals surface area contributed by atoms with E-state index in [9.17, 15) is 9.59 Å². The van der Waals surface area contributed by atoms with Crippen LogP contribution in [-0.4, -0.2) is 51.8 Å². The number of rotatable bonds is 3. The summed E-state index contributed by atoms with van der Waals surface area (Å²) in [7, 11) is 0. The van der Waals surface area contributed by atoms with Gasteiger partial charge in [0.25, 0.3) is 0 Å². The number of carboxylic acids is 1. The number of hydrogen-bond acceptors (Lipinski definition) is 6. The van der Waals surface area contributed by atoms with Crippen molar-refractivity contribution in [2.75, 3.05) is 31.1 Å². The molecule has 2 aromatic rings. The maximum Gasteiger partial charge on any atom is 1.00 e. The van der Waals surface area contributed by atoms with E-state index in [0.717, 1.165) is 26.2 Å². The molecule has 118 valence electrons. The summed E-state index contributed by atoms with van der Waals surface area (Å²) in [6.07, 6.45) is 2.78. The Hall–Kier alpha value is -0.844. The number of aromatic carboxylic acids is 1.